The van der Waals surface area contributed by atoms with Crippen molar-refractivity contribution < 1.29 is 42.5 Å². The number of esters is 2. The fraction of sp³-hybridized carbons (Fsp3) is 0.375. The number of benzene rings is 2. The normalized spacial score (nSPS) is 21.1. The van der Waals surface area contributed by atoms with Gasteiger partial charge in [-0.15, -0.1) is 0 Å². The van der Waals surface area contributed by atoms with Crippen molar-refractivity contribution in [2.75, 3.05) is 20.3 Å². The Morgan fingerprint density at radius 2 is 1.81 bits per heavy atom. The molecule has 0 radical (unpaired) electrons. The highest BCUT2D eigenvalue weighted by molar-refractivity contribution is 6.00. The molecule has 2 aromatic carbocycles. The Hall–Kier alpha value is -4.31. The zero-order chi connectivity index (χ0) is 30.1. The van der Waals surface area contributed by atoms with E-state index in [1.807, 2.05) is 30.3 Å². The number of carbonyl (C=O) groups excluding carboxylic acids is 3. The molecule has 10 heteroatoms. The highest BCUT2D eigenvalue weighted by Crippen LogP contribution is 2.32. The molecule has 42 heavy (non-hydrogen) atoms. The van der Waals surface area contributed by atoms with Gasteiger partial charge in [-0.25, -0.2) is 9.37 Å². The topological polar surface area (TPSA) is 110 Å². The van der Waals surface area contributed by atoms with Crippen molar-refractivity contribution in [2.24, 2.45) is 11.8 Å². The Bertz CT molecular complexity index is 1360. The number of ether oxygens (including phenoxy) is 5. The molecule has 0 N–H and O–H groups in total. The van der Waals surface area contributed by atoms with Crippen LogP contribution in [-0.2, 0) is 25.5 Å². The first-order valence-electron chi connectivity index (χ1n) is 13.7. The Morgan fingerprint density at radius 3 is 2.50 bits per heavy atom. The van der Waals surface area contributed by atoms with Crippen LogP contribution in [0.15, 0.2) is 66.9 Å². The Morgan fingerprint density at radius 1 is 1.07 bits per heavy atom. The van der Waals surface area contributed by atoms with E-state index in [1.54, 1.807) is 19.1 Å². The molecule has 1 aromatic heterocycles. The molecule has 9 nitrogen and oxygen atoms in total. The van der Waals surface area contributed by atoms with Gasteiger partial charge in [0.1, 0.15) is 23.8 Å². The highest BCUT2D eigenvalue weighted by Gasteiger charge is 2.36. The molecule has 0 bridgehead atoms. The number of Topliss-reactive ketones (excluding diaryl/α,β-unsaturated/α-hetero) is 1. The maximum atomic E-state index is 13.5. The summed E-state index contributed by atoms with van der Waals surface area (Å²) in [6.45, 7) is 3.19. The summed E-state index contributed by atoms with van der Waals surface area (Å²) in [5, 5.41) is 0. The van der Waals surface area contributed by atoms with Crippen molar-refractivity contribution in [3.8, 4) is 17.2 Å². The second-order valence-electron chi connectivity index (χ2n) is 10.1. The first-order valence-corrected chi connectivity index (χ1v) is 13.7. The maximum absolute atomic E-state index is 13.5. The summed E-state index contributed by atoms with van der Waals surface area (Å²) in [4.78, 5) is 42.5. The van der Waals surface area contributed by atoms with E-state index in [1.165, 1.54) is 38.4 Å². The van der Waals surface area contributed by atoms with E-state index in [9.17, 15) is 18.8 Å². The lowest BCUT2D eigenvalue weighted by atomic mass is 9.88. The number of para-hydroxylation sites is 1. The molecule has 4 rings (SSSR count). The van der Waals surface area contributed by atoms with E-state index in [0.717, 1.165) is 5.56 Å². The van der Waals surface area contributed by atoms with E-state index in [4.69, 9.17) is 23.7 Å². The van der Waals surface area contributed by atoms with Crippen LogP contribution in [0.3, 0.4) is 0 Å². The molecule has 1 saturated heterocycles. The lowest BCUT2D eigenvalue weighted by Crippen LogP contribution is -2.43. The minimum absolute atomic E-state index is 0.0579. The van der Waals surface area contributed by atoms with Crippen LogP contribution in [0.2, 0.25) is 0 Å². The molecule has 222 valence electrons. The number of cyclic esters (lactones) is 1. The van der Waals surface area contributed by atoms with Gasteiger partial charge in [0.05, 0.1) is 19.6 Å². The third-order valence-corrected chi connectivity index (χ3v) is 6.97. The predicted octanol–water partition coefficient (Wildman–Crippen LogP) is 5.00. The quantitative estimate of drug-likeness (QED) is 0.255. The number of methoxy groups -OCH3 is 1. The lowest BCUT2D eigenvalue weighted by molar-refractivity contribution is -0.163. The number of halogens is 1. The summed E-state index contributed by atoms with van der Waals surface area (Å²) >= 11 is 0. The van der Waals surface area contributed by atoms with Gasteiger partial charge < -0.3 is 23.7 Å². The number of nitrogens with zero attached hydrogens (tertiary/aromatic N) is 1. The molecule has 3 aromatic rings. The van der Waals surface area contributed by atoms with Gasteiger partial charge in [0, 0.05) is 38.1 Å². The van der Waals surface area contributed by atoms with Crippen molar-refractivity contribution in [1.82, 2.24) is 4.98 Å². The SMILES string of the molecule is COc1ccnc(C(=O)C[C@H]2COCC[C@H](Cc3ccc(F)cc3)[C@@H](Oc3ccccc3)[C@H](C)OC2=O)c1OC(C)=O. The van der Waals surface area contributed by atoms with Gasteiger partial charge >= 0.3 is 11.9 Å². The minimum Gasteiger partial charge on any atom is -0.493 e. The standard InChI is InChI=1S/C32H34FNO8/c1-20-30(42-26-7-5-4-6-8-26)23(17-22-9-11-25(33)12-10-22)14-16-39-19-24(32(37)40-20)18-27(36)29-31(41-21(2)35)28(38-3)13-15-34-29/h4-13,15,20,23-24,30H,14,16-19H2,1-3H3/t20-,23+,24-,30-/m0/s1. The van der Waals surface area contributed by atoms with Crippen LogP contribution < -0.4 is 14.2 Å². The summed E-state index contributed by atoms with van der Waals surface area (Å²) in [6, 6.07) is 17.0. The molecular formula is C32H34FNO8. The average Bonchev–Trinajstić information content (AvgIpc) is 2.97. The van der Waals surface area contributed by atoms with E-state index < -0.39 is 35.8 Å². The number of aromatic nitrogens is 1. The van der Waals surface area contributed by atoms with E-state index >= 15 is 0 Å². The third-order valence-electron chi connectivity index (χ3n) is 6.97. The van der Waals surface area contributed by atoms with Crippen LogP contribution in [0.25, 0.3) is 0 Å². The molecule has 0 spiro atoms. The molecule has 1 aliphatic rings. The van der Waals surface area contributed by atoms with Crippen LogP contribution in [0.5, 0.6) is 17.2 Å². The van der Waals surface area contributed by atoms with E-state index in [2.05, 4.69) is 4.98 Å². The summed E-state index contributed by atoms with van der Waals surface area (Å²) in [5.41, 5.74) is 0.781. The van der Waals surface area contributed by atoms with Crippen LogP contribution in [-0.4, -0.2) is 55.2 Å². The zero-order valence-electron chi connectivity index (χ0n) is 23.8. The maximum Gasteiger partial charge on any atom is 0.312 e. The molecule has 0 unspecified atom stereocenters. The van der Waals surface area contributed by atoms with E-state index in [0.29, 0.717) is 25.2 Å². The van der Waals surface area contributed by atoms with Gasteiger partial charge in [-0.3, -0.25) is 14.4 Å². The molecule has 1 fully saturated rings. The number of carbonyl (C=O) groups is 3. The van der Waals surface area contributed by atoms with Gasteiger partial charge in [0.2, 0.25) is 5.75 Å². The summed E-state index contributed by atoms with van der Waals surface area (Å²) in [5.74, 6) is -2.55. The second kappa shape index (κ2) is 14.5. The van der Waals surface area contributed by atoms with Crippen LogP contribution in [0.4, 0.5) is 4.39 Å². The Kier molecular flexibility index (Phi) is 10.6. The lowest BCUT2D eigenvalue weighted by Gasteiger charge is -2.34. The zero-order valence-corrected chi connectivity index (χ0v) is 23.8. The first-order chi connectivity index (χ1) is 20.2. The Labute approximate surface area is 243 Å². The molecule has 0 amide bonds. The van der Waals surface area contributed by atoms with Crippen molar-refractivity contribution in [3.63, 3.8) is 0 Å². The second-order valence-corrected chi connectivity index (χ2v) is 10.1. The monoisotopic (exact) mass is 579 g/mol. The fourth-order valence-electron chi connectivity index (χ4n) is 4.91. The highest BCUT2D eigenvalue weighted by atomic mass is 19.1. The summed E-state index contributed by atoms with van der Waals surface area (Å²) in [7, 11) is 1.38. The summed E-state index contributed by atoms with van der Waals surface area (Å²) in [6.07, 6.45) is 0.927. The van der Waals surface area contributed by atoms with Crippen LogP contribution in [0, 0.1) is 17.7 Å². The number of ketones is 1. The first kappa shape index (κ1) is 30.6. The predicted molar refractivity (Wildman–Crippen MR) is 150 cm³/mol. The summed E-state index contributed by atoms with van der Waals surface area (Å²) < 4.78 is 42.2. The van der Waals surface area contributed by atoms with Crippen LogP contribution in [0.1, 0.15) is 42.7 Å². The number of pyridine rings is 1. The van der Waals surface area contributed by atoms with Crippen molar-refractivity contribution in [2.45, 2.75) is 45.3 Å². The molecule has 0 aliphatic carbocycles. The van der Waals surface area contributed by atoms with Crippen molar-refractivity contribution in [1.29, 1.82) is 0 Å². The van der Waals surface area contributed by atoms with Crippen molar-refractivity contribution in [3.05, 3.63) is 83.9 Å². The number of hydrogen-bond acceptors (Lipinski definition) is 9. The number of hydrogen-bond donors (Lipinski definition) is 0. The average molecular weight is 580 g/mol. The Balaban J connectivity index is 1.55. The fourth-order valence-corrected chi connectivity index (χ4v) is 4.91. The molecule has 1 aliphatic heterocycles. The third kappa shape index (κ3) is 8.13. The van der Waals surface area contributed by atoms with Gasteiger partial charge in [-0.2, -0.15) is 0 Å². The van der Waals surface area contributed by atoms with Gasteiger partial charge in [-0.05, 0) is 49.6 Å². The largest absolute Gasteiger partial charge is 0.493 e. The van der Waals surface area contributed by atoms with Gasteiger partial charge in [0.25, 0.3) is 0 Å². The van der Waals surface area contributed by atoms with Crippen LogP contribution >= 0.6 is 0 Å². The molecular weight excluding hydrogens is 545 g/mol. The van der Waals surface area contributed by atoms with E-state index in [-0.39, 0.29) is 42.0 Å². The smallest absolute Gasteiger partial charge is 0.312 e. The molecule has 0 saturated carbocycles. The number of rotatable bonds is 9. The van der Waals surface area contributed by atoms with Gasteiger partial charge in [0.15, 0.2) is 17.2 Å². The molecule has 4 atom stereocenters. The van der Waals surface area contributed by atoms with Gasteiger partial charge in [-0.1, -0.05) is 30.3 Å². The molecule has 2 heterocycles. The van der Waals surface area contributed by atoms with Crippen molar-refractivity contribution >= 4 is 17.7 Å². The minimum atomic E-state index is -0.941.